The van der Waals surface area contributed by atoms with Crippen molar-refractivity contribution in [1.82, 2.24) is 5.16 Å². The number of thioether (sulfide) groups is 1. The lowest BCUT2D eigenvalue weighted by Gasteiger charge is -2.09. The number of carbonyl (C=O) groups is 1. The Balaban J connectivity index is 1.54. The lowest BCUT2D eigenvalue weighted by molar-refractivity contribution is 0.0731. The molecule has 0 saturated carbocycles. The highest BCUT2D eigenvalue weighted by Crippen LogP contribution is 2.30. The fourth-order valence-corrected chi connectivity index (χ4v) is 4.54. The summed E-state index contributed by atoms with van der Waals surface area (Å²) in [5.41, 5.74) is 2.73. The maximum Gasteiger partial charge on any atom is 0.396 e. The monoisotopic (exact) mass is 413 g/mol. The van der Waals surface area contributed by atoms with Gasteiger partial charge in [0.2, 0.25) is 0 Å². The molecule has 0 radical (unpaired) electrons. The second kappa shape index (κ2) is 7.65. The van der Waals surface area contributed by atoms with Crippen LogP contribution in [0.5, 0.6) is 5.75 Å². The van der Waals surface area contributed by atoms with Gasteiger partial charge in [0.05, 0.1) is 16.0 Å². The van der Waals surface area contributed by atoms with Gasteiger partial charge in [0.15, 0.2) is 5.58 Å². The van der Waals surface area contributed by atoms with Gasteiger partial charge < -0.3 is 13.7 Å². The number of rotatable bonds is 5. The van der Waals surface area contributed by atoms with Crippen LogP contribution in [0.2, 0.25) is 0 Å². The molecule has 0 atom stereocenters. The maximum absolute atomic E-state index is 12.7. The number of benzene rings is 2. The van der Waals surface area contributed by atoms with E-state index >= 15 is 0 Å². The lowest BCUT2D eigenvalue weighted by atomic mass is 10.2. The minimum Gasteiger partial charge on any atom is -0.423 e. The van der Waals surface area contributed by atoms with E-state index in [1.54, 1.807) is 30.3 Å². The zero-order chi connectivity index (χ0) is 19.7. The molecule has 28 heavy (non-hydrogen) atoms. The molecule has 0 aliphatic carbocycles. The minimum absolute atomic E-state index is 0.324. The molecule has 0 bridgehead atoms. The van der Waals surface area contributed by atoms with Crippen LogP contribution in [0.4, 0.5) is 0 Å². The third-order valence-electron chi connectivity index (χ3n) is 4.17. The third kappa shape index (κ3) is 3.74. The Labute approximate surface area is 168 Å². The fraction of sp³-hybridized carbons (Fsp3) is 0.150. The Morgan fingerprint density at radius 1 is 1.21 bits per heavy atom. The SMILES string of the molecule is Cc1noc(C)c1CSc1ccccc1C(=O)Oc1ccc2sc(=O)oc2c1. The van der Waals surface area contributed by atoms with Gasteiger partial charge in [0.25, 0.3) is 0 Å². The Morgan fingerprint density at radius 2 is 2.04 bits per heavy atom. The Morgan fingerprint density at radius 3 is 2.82 bits per heavy atom. The second-order valence-electron chi connectivity index (χ2n) is 6.04. The van der Waals surface area contributed by atoms with E-state index < -0.39 is 5.97 Å². The molecule has 0 spiro atoms. The third-order valence-corrected chi connectivity index (χ3v) is 6.08. The first kappa shape index (κ1) is 18.5. The molecule has 0 fully saturated rings. The molecule has 8 heteroatoms. The maximum atomic E-state index is 12.7. The van der Waals surface area contributed by atoms with Gasteiger partial charge in [-0.25, -0.2) is 9.59 Å². The van der Waals surface area contributed by atoms with Crippen LogP contribution in [-0.4, -0.2) is 11.1 Å². The van der Waals surface area contributed by atoms with Crippen molar-refractivity contribution in [2.75, 3.05) is 0 Å². The van der Waals surface area contributed by atoms with Crippen LogP contribution in [-0.2, 0) is 5.75 Å². The molecule has 0 saturated heterocycles. The summed E-state index contributed by atoms with van der Waals surface area (Å²) in [5, 5.41) is 3.96. The van der Waals surface area contributed by atoms with Gasteiger partial charge in [-0.15, -0.1) is 11.8 Å². The van der Waals surface area contributed by atoms with Crippen LogP contribution < -0.4 is 9.68 Å². The summed E-state index contributed by atoms with van der Waals surface area (Å²) in [4.78, 5) is 24.5. The number of ether oxygens (including phenoxy) is 1. The highest BCUT2D eigenvalue weighted by molar-refractivity contribution is 7.98. The summed E-state index contributed by atoms with van der Waals surface area (Å²) in [6.45, 7) is 3.76. The van der Waals surface area contributed by atoms with Gasteiger partial charge in [-0.1, -0.05) is 28.6 Å². The molecule has 142 valence electrons. The van der Waals surface area contributed by atoms with Gasteiger partial charge in [-0.05, 0) is 38.1 Å². The molecule has 4 aromatic rings. The Kier molecular flexibility index (Phi) is 5.06. The molecule has 2 aromatic heterocycles. The summed E-state index contributed by atoms with van der Waals surface area (Å²) < 4.78 is 16.5. The van der Waals surface area contributed by atoms with Crippen LogP contribution in [0, 0.1) is 13.8 Å². The average molecular weight is 413 g/mol. The van der Waals surface area contributed by atoms with E-state index in [0.717, 1.165) is 33.2 Å². The zero-order valence-electron chi connectivity index (χ0n) is 15.1. The number of esters is 1. The molecule has 0 N–H and O–H groups in total. The minimum atomic E-state index is -0.473. The van der Waals surface area contributed by atoms with E-state index in [-0.39, 0.29) is 4.94 Å². The van der Waals surface area contributed by atoms with E-state index in [9.17, 15) is 9.59 Å². The number of aromatic nitrogens is 1. The highest BCUT2D eigenvalue weighted by Gasteiger charge is 2.16. The van der Waals surface area contributed by atoms with Gasteiger partial charge in [-0.2, -0.15) is 0 Å². The molecule has 6 nitrogen and oxygen atoms in total. The van der Waals surface area contributed by atoms with Crippen LogP contribution >= 0.6 is 23.1 Å². The summed E-state index contributed by atoms with van der Waals surface area (Å²) in [6, 6.07) is 12.2. The number of nitrogens with zero attached hydrogens (tertiary/aromatic N) is 1. The highest BCUT2D eigenvalue weighted by atomic mass is 32.2. The van der Waals surface area contributed by atoms with Crippen molar-refractivity contribution in [3.63, 3.8) is 0 Å². The number of aryl methyl sites for hydroxylation is 2. The van der Waals surface area contributed by atoms with E-state index in [2.05, 4.69) is 5.16 Å². The van der Waals surface area contributed by atoms with Crippen molar-refractivity contribution in [1.29, 1.82) is 0 Å². The van der Waals surface area contributed by atoms with Gasteiger partial charge in [0, 0.05) is 22.3 Å². The van der Waals surface area contributed by atoms with Crippen LogP contribution in [0.1, 0.15) is 27.4 Å². The number of fused-ring (bicyclic) bond motifs is 1. The van der Waals surface area contributed by atoms with E-state index in [1.807, 2.05) is 26.0 Å². The van der Waals surface area contributed by atoms with E-state index in [4.69, 9.17) is 13.7 Å². The molecule has 0 unspecified atom stereocenters. The number of carbonyl (C=O) groups excluding carboxylic acids is 1. The molecule has 2 aromatic carbocycles. The molecule has 0 aliphatic heterocycles. The zero-order valence-corrected chi connectivity index (χ0v) is 16.7. The molecular formula is C20H15NO5S2. The van der Waals surface area contributed by atoms with Gasteiger partial charge >= 0.3 is 10.9 Å². The summed E-state index contributed by atoms with van der Waals surface area (Å²) in [6.07, 6.45) is 0. The van der Waals surface area contributed by atoms with Gasteiger partial charge in [0.1, 0.15) is 11.5 Å². The van der Waals surface area contributed by atoms with Crippen molar-refractivity contribution < 1.29 is 18.5 Å². The molecular weight excluding hydrogens is 398 g/mol. The Hall–Kier alpha value is -2.84. The van der Waals surface area contributed by atoms with Crippen LogP contribution in [0.3, 0.4) is 0 Å². The number of hydrogen-bond donors (Lipinski definition) is 0. The van der Waals surface area contributed by atoms with Crippen LogP contribution in [0.25, 0.3) is 10.3 Å². The Bertz CT molecular complexity index is 1200. The largest absolute Gasteiger partial charge is 0.423 e. The summed E-state index contributed by atoms with van der Waals surface area (Å²) in [7, 11) is 0. The van der Waals surface area contributed by atoms with Crippen LogP contribution in [0.15, 0.2) is 61.1 Å². The van der Waals surface area contributed by atoms with Gasteiger partial charge in [-0.3, -0.25) is 0 Å². The smallest absolute Gasteiger partial charge is 0.396 e. The number of hydrogen-bond acceptors (Lipinski definition) is 8. The van der Waals surface area contributed by atoms with E-state index in [0.29, 0.717) is 27.3 Å². The standard InChI is InChI=1S/C20H15NO5S2/c1-11-15(12(2)26-21-11)10-27-17-6-4-3-5-14(17)19(22)24-13-7-8-18-16(9-13)25-20(23)28-18/h3-9H,10H2,1-2H3. The van der Waals surface area contributed by atoms with Crippen molar-refractivity contribution in [2.24, 2.45) is 0 Å². The molecule has 2 heterocycles. The predicted octanol–water partition coefficient (Wildman–Crippen LogP) is 4.97. The summed E-state index contributed by atoms with van der Waals surface area (Å²) >= 11 is 2.53. The van der Waals surface area contributed by atoms with Crippen molar-refractivity contribution in [2.45, 2.75) is 24.5 Å². The average Bonchev–Trinajstić information content (AvgIpc) is 3.20. The first-order valence-electron chi connectivity index (χ1n) is 8.41. The topological polar surface area (TPSA) is 82.5 Å². The molecule has 0 aliphatic rings. The molecule has 4 rings (SSSR count). The normalized spacial score (nSPS) is 11.1. The quantitative estimate of drug-likeness (QED) is 0.259. The first-order chi connectivity index (χ1) is 13.5. The predicted molar refractivity (Wildman–Crippen MR) is 107 cm³/mol. The lowest BCUT2D eigenvalue weighted by Crippen LogP contribution is -2.09. The summed E-state index contributed by atoms with van der Waals surface area (Å²) in [5.74, 6) is 1.26. The van der Waals surface area contributed by atoms with Crippen molar-refractivity contribution in [3.8, 4) is 5.75 Å². The van der Waals surface area contributed by atoms with Crippen molar-refractivity contribution in [3.05, 3.63) is 74.8 Å². The first-order valence-corrected chi connectivity index (χ1v) is 10.2. The van der Waals surface area contributed by atoms with E-state index in [1.165, 1.54) is 11.8 Å². The fourth-order valence-electron chi connectivity index (χ4n) is 2.70. The van der Waals surface area contributed by atoms with Crippen molar-refractivity contribution >= 4 is 39.4 Å². The molecule has 0 amide bonds. The second-order valence-corrected chi connectivity index (χ2v) is 8.03.